The minimum Gasteiger partial charge on any atom is -0.309 e. The molecule has 58 heavy (non-hydrogen) atoms. The van der Waals surface area contributed by atoms with Crippen molar-refractivity contribution < 1.29 is 0 Å². The molecule has 0 unspecified atom stereocenters. The summed E-state index contributed by atoms with van der Waals surface area (Å²) in [7, 11) is 0. The van der Waals surface area contributed by atoms with Crippen LogP contribution in [-0.2, 0) is 0 Å². The molecule has 0 saturated carbocycles. The summed E-state index contributed by atoms with van der Waals surface area (Å²) >= 11 is 0. The Morgan fingerprint density at radius 3 is 1.78 bits per heavy atom. The van der Waals surface area contributed by atoms with Gasteiger partial charge in [-0.15, -0.1) is 0 Å². The lowest BCUT2D eigenvalue weighted by molar-refractivity contribution is 1.18. The van der Waals surface area contributed by atoms with E-state index in [1.54, 1.807) is 0 Å². The van der Waals surface area contributed by atoms with Gasteiger partial charge in [0.1, 0.15) is 0 Å². The molecule has 0 atom stereocenters. The van der Waals surface area contributed by atoms with E-state index in [4.69, 9.17) is 0 Å². The summed E-state index contributed by atoms with van der Waals surface area (Å²) in [5.74, 6) is 0. The molecule has 0 spiro atoms. The number of rotatable bonds is 4. The minimum atomic E-state index is 1.15. The van der Waals surface area contributed by atoms with Crippen molar-refractivity contribution in [2.24, 2.45) is 0 Å². The maximum absolute atomic E-state index is 2.49. The second-order valence-corrected chi connectivity index (χ2v) is 15.7. The third-order valence-corrected chi connectivity index (χ3v) is 12.6. The Kier molecular flexibility index (Phi) is 6.47. The number of fused-ring (bicyclic) bond motifs is 11. The predicted molar refractivity (Wildman–Crippen MR) is 245 cm³/mol. The number of para-hydroxylation sites is 2. The second kappa shape index (κ2) is 11.9. The number of hydrogen-bond acceptors (Lipinski definition) is 0. The van der Waals surface area contributed by atoms with E-state index in [-0.39, 0.29) is 0 Å². The lowest BCUT2D eigenvalue weighted by Crippen LogP contribution is -1.95. The van der Waals surface area contributed by atoms with E-state index < -0.39 is 0 Å². The molecule has 1 aliphatic carbocycles. The maximum atomic E-state index is 2.49. The molecule has 1 aliphatic rings. The lowest BCUT2D eigenvalue weighted by Gasteiger charge is -2.14. The fourth-order valence-electron chi connectivity index (χ4n) is 10.1. The monoisotopic (exact) mass is 734 g/mol. The van der Waals surface area contributed by atoms with Crippen LogP contribution >= 0.6 is 0 Å². The second-order valence-electron chi connectivity index (χ2n) is 15.7. The van der Waals surface area contributed by atoms with Gasteiger partial charge in [-0.1, -0.05) is 158 Å². The Morgan fingerprint density at radius 1 is 0.259 bits per heavy atom. The number of aromatic nitrogens is 2. The third-order valence-electron chi connectivity index (χ3n) is 12.6. The van der Waals surface area contributed by atoms with Crippen LogP contribution in [0.5, 0.6) is 0 Å². The normalized spacial score (nSPS) is 12.1. The Morgan fingerprint density at radius 2 is 0.879 bits per heavy atom. The van der Waals surface area contributed by atoms with Gasteiger partial charge in [0.15, 0.2) is 0 Å². The van der Waals surface area contributed by atoms with Gasteiger partial charge < -0.3 is 9.13 Å². The summed E-state index contributed by atoms with van der Waals surface area (Å²) in [5.41, 5.74) is 17.4. The molecule has 0 aliphatic heterocycles. The number of benzene rings is 10. The molecule has 0 N–H and O–H groups in total. The third kappa shape index (κ3) is 4.37. The zero-order chi connectivity index (χ0) is 37.9. The van der Waals surface area contributed by atoms with E-state index in [0.29, 0.717) is 0 Å². The van der Waals surface area contributed by atoms with Gasteiger partial charge in [0.05, 0.1) is 22.1 Å². The molecule has 2 heterocycles. The highest BCUT2D eigenvalue weighted by atomic mass is 15.0. The van der Waals surface area contributed by atoms with E-state index in [1.807, 2.05) is 0 Å². The van der Waals surface area contributed by atoms with Crippen molar-refractivity contribution in [1.82, 2.24) is 9.13 Å². The van der Waals surface area contributed by atoms with Crippen LogP contribution in [0.15, 0.2) is 206 Å². The molecule has 0 radical (unpaired) electrons. The smallest absolute Gasteiger partial charge is 0.0619 e. The first-order valence-electron chi connectivity index (χ1n) is 20.1. The van der Waals surface area contributed by atoms with Crippen LogP contribution < -0.4 is 0 Å². The van der Waals surface area contributed by atoms with Crippen molar-refractivity contribution in [1.29, 1.82) is 0 Å². The van der Waals surface area contributed by atoms with Gasteiger partial charge >= 0.3 is 0 Å². The van der Waals surface area contributed by atoms with E-state index in [1.165, 1.54) is 115 Å². The quantitative estimate of drug-likeness (QED) is 0.170. The fourth-order valence-corrected chi connectivity index (χ4v) is 10.1. The highest BCUT2D eigenvalue weighted by molar-refractivity contribution is 6.21. The zero-order valence-corrected chi connectivity index (χ0v) is 31.5. The van der Waals surface area contributed by atoms with Crippen LogP contribution in [0.4, 0.5) is 0 Å². The molecule has 10 aromatic carbocycles. The van der Waals surface area contributed by atoms with Crippen LogP contribution in [0.3, 0.4) is 0 Å². The first-order valence-corrected chi connectivity index (χ1v) is 20.1. The van der Waals surface area contributed by atoms with E-state index >= 15 is 0 Å². The molecule has 2 aromatic heterocycles. The Bertz CT molecular complexity index is 3650. The zero-order valence-electron chi connectivity index (χ0n) is 31.5. The van der Waals surface area contributed by atoms with Gasteiger partial charge in [-0.3, -0.25) is 0 Å². The molecule has 0 bridgehead atoms. The minimum absolute atomic E-state index is 1.15. The van der Waals surface area contributed by atoms with Crippen LogP contribution in [0.25, 0.3) is 121 Å². The van der Waals surface area contributed by atoms with Crippen molar-refractivity contribution in [2.75, 3.05) is 0 Å². The Hall–Kier alpha value is -7.68. The Balaban J connectivity index is 1.02. The largest absolute Gasteiger partial charge is 0.309 e. The molecule has 2 heteroatoms. The summed E-state index contributed by atoms with van der Waals surface area (Å²) in [6, 6.07) is 76.3. The topological polar surface area (TPSA) is 9.86 Å². The van der Waals surface area contributed by atoms with Crippen molar-refractivity contribution in [3.8, 4) is 55.9 Å². The Labute approximate surface area is 335 Å². The van der Waals surface area contributed by atoms with Gasteiger partial charge in [-0.2, -0.15) is 0 Å². The van der Waals surface area contributed by atoms with Gasteiger partial charge in [0.2, 0.25) is 0 Å². The van der Waals surface area contributed by atoms with Crippen molar-refractivity contribution in [3.05, 3.63) is 206 Å². The van der Waals surface area contributed by atoms with E-state index in [0.717, 1.165) is 5.69 Å². The standard InChI is InChI=1S/C56H34N2/c1-2-14-39(15-3-1)57-52-23-9-8-20-45(52)46-27-25-37(34-54(46)57)36-26-31-53-51(33-36)50-28-24-35-12-4-5-17-42(35)56(50)58(53)40-16-10-13-38(32-40)41-29-30-49-44-19-7-6-18-43(44)48-22-11-21-47(41)55(48)49/h1-34H. The summed E-state index contributed by atoms with van der Waals surface area (Å²) in [6.07, 6.45) is 0. The van der Waals surface area contributed by atoms with Crippen molar-refractivity contribution in [3.63, 3.8) is 0 Å². The van der Waals surface area contributed by atoms with Crippen molar-refractivity contribution >= 4 is 65.2 Å². The first kappa shape index (κ1) is 31.5. The van der Waals surface area contributed by atoms with Crippen LogP contribution in [0.1, 0.15) is 0 Å². The molecule has 13 rings (SSSR count). The van der Waals surface area contributed by atoms with E-state index in [9.17, 15) is 0 Å². The van der Waals surface area contributed by atoms with Crippen LogP contribution in [0, 0.1) is 0 Å². The van der Waals surface area contributed by atoms with Gasteiger partial charge in [-0.25, -0.2) is 0 Å². The molecule has 268 valence electrons. The maximum Gasteiger partial charge on any atom is 0.0619 e. The van der Waals surface area contributed by atoms with Crippen LogP contribution in [0.2, 0.25) is 0 Å². The average Bonchev–Trinajstić information content (AvgIpc) is 3.93. The first-order chi connectivity index (χ1) is 28.8. The highest BCUT2D eigenvalue weighted by Crippen LogP contribution is 2.49. The van der Waals surface area contributed by atoms with E-state index in [2.05, 4.69) is 215 Å². The molecular weight excluding hydrogens is 701 g/mol. The lowest BCUT2D eigenvalue weighted by atomic mass is 9.94. The molecule has 12 aromatic rings. The predicted octanol–water partition coefficient (Wildman–Crippen LogP) is 15.2. The molecule has 2 nitrogen and oxygen atoms in total. The fraction of sp³-hybridized carbons (Fsp3) is 0. The van der Waals surface area contributed by atoms with Gasteiger partial charge in [-0.05, 0) is 109 Å². The number of nitrogens with zero attached hydrogens (tertiary/aromatic N) is 2. The van der Waals surface area contributed by atoms with Crippen LogP contribution in [-0.4, -0.2) is 9.13 Å². The van der Waals surface area contributed by atoms with Crippen molar-refractivity contribution in [2.45, 2.75) is 0 Å². The molecule has 0 saturated heterocycles. The SMILES string of the molecule is c1ccc(-n2c3ccccc3c3ccc(-c4ccc5c(c4)c4ccc6ccccc6c4n5-c4cccc(-c5ccc6c7c(cccc57)-c5ccccc5-6)c4)cc32)cc1. The number of hydrogen-bond donors (Lipinski definition) is 0. The summed E-state index contributed by atoms with van der Waals surface area (Å²) < 4.78 is 4.89. The highest BCUT2D eigenvalue weighted by Gasteiger charge is 2.23. The average molecular weight is 735 g/mol. The van der Waals surface area contributed by atoms with Gasteiger partial charge in [0.25, 0.3) is 0 Å². The summed E-state index contributed by atoms with van der Waals surface area (Å²) in [4.78, 5) is 0. The molecule has 0 amide bonds. The van der Waals surface area contributed by atoms with Gasteiger partial charge in [0, 0.05) is 38.3 Å². The molecule has 0 fully saturated rings. The molecular formula is C56H34N2. The summed E-state index contributed by atoms with van der Waals surface area (Å²) in [6.45, 7) is 0. The summed E-state index contributed by atoms with van der Waals surface area (Å²) in [5, 5.41) is 10.2.